The summed E-state index contributed by atoms with van der Waals surface area (Å²) in [7, 11) is 4.03. The standard InChI is InChI=1S/C23H30N6OS2/c30-22(8-4-1-5-19-11-16-31-32-19)27-13-9-18(10-14-27)23-24-12-15-28(23)17-29-21-7-3-2-6-20(21)25-26-29/h2-3,6-7,12,15,18-19H,1,4-5,8-11,13-14,16-17H2. The summed E-state index contributed by atoms with van der Waals surface area (Å²) in [5.41, 5.74) is 1.93. The first kappa shape index (κ1) is 21.8. The van der Waals surface area contributed by atoms with Crippen LogP contribution in [0.2, 0.25) is 0 Å². The van der Waals surface area contributed by atoms with Crippen LogP contribution in [0.4, 0.5) is 0 Å². The van der Waals surface area contributed by atoms with Crippen molar-refractivity contribution < 1.29 is 4.79 Å². The van der Waals surface area contributed by atoms with Crippen molar-refractivity contribution in [3.63, 3.8) is 0 Å². The molecule has 2 fully saturated rings. The molecule has 2 saturated heterocycles. The number of fused-ring (bicyclic) bond motifs is 1. The van der Waals surface area contributed by atoms with Gasteiger partial charge in [-0.05, 0) is 44.2 Å². The van der Waals surface area contributed by atoms with Crippen molar-refractivity contribution in [1.29, 1.82) is 0 Å². The van der Waals surface area contributed by atoms with Gasteiger partial charge in [0.05, 0.1) is 5.52 Å². The number of piperidine rings is 1. The molecular weight excluding hydrogens is 440 g/mol. The van der Waals surface area contributed by atoms with Crippen molar-refractivity contribution in [3.05, 3.63) is 42.5 Å². The molecule has 5 rings (SSSR count). The molecule has 170 valence electrons. The predicted octanol–water partition coefficient (Wildman–Crippen LogP) is 4.55. The van der Waals surface area contributed by atoms with Gasteiger partial charge in [-0.25, -0.2) is 9.67 Å². The van der Waals surface area contributed by atoms with Gasteiger partial charge < -0.3 is 9.47 Å². The monoisotopic (exact) mass is 470 g/mol. The molecule has 7 nitrogen and oxygen atoms in total. The zero-order chi connectivity index (χ0) is 21.8. The smallest absolute Gasteiger partial charge is 0.222 e. The molecule has 1 aromatic carbocycles. The van der Waals surface area contributed by atoms with Crippen LogP contribution in [0.5, 0.6) is 0 Å². The van der Waals surface area contributed by atoms with E-state index >= 15 is 0 Å². The zero-order valence-corrected chi connectivity index (χ0v) is 19.9. The van der Waals surface area contributed by atoms with Crippen LogP contribution < -0.4 is 0 Å². The molecular formula is C23H30N6OS2. The van der Waals surface area contributed by atoms with Gasteiger partial charge in [-0.15, -0.1) is 5.10 Å². The lowest BCUT2D eigenvalue weighted by Crippen LogP contribution is -2.38. The number of carbonyl (C=O) groups is 1. The average molecular weight is 471 g/mol. The first-order chi connectivity index (χ1) is 15.8. The minimum Gasteiger partial charge on any atom is -0.343 e. The molecule has 0 saturated carbocycles. The van der Waals surface area contributed by atoms with Crippen LogP contribution >= 0.6 is 21.6 Å². The Balaban J connectivity index is 1.11. The highest BCUT2D eigenvalue weighted by Gasteiger charge is 2.26. The van der Waals surface area contributed by atoms with Crippen LogP contribution in [0.1, 0.15) is 56.7 Å². The number of benzene rings is 1. The fraction of sp³-hybridized carbons (Fsp3) is 0.565. The molecule has 4 heterocycles. The number of rotatable bonds is 8. The number of hydrogen-bond acceptors (Lipinski definition) is 6. The molecule has 3 aromatic rings. The highest BCUT2D eigenvalue weighted by molar-refractivity contribution is 8.77. The molecule has 1 unspecified atom stereocenters. The highest BCUT2D eigenvalue weighted by atomic mass is 33.1. The van der Waals surface area contributed by atoms with Crippen molar-refractivity contribution >= 4 is 38.5 Å². The zero-order valence-electron chi connectivity index (χ0n) is 18.3. The van der Waals surface area contributed by atoms with Gasteiger partial charge >= 0.3 is 0 Å². The van der Waals surface area contributed by atoms with Crippen LogP contribution in [0.15, 0.2) is 36.7 Å². The maximum absolute atomic E-state index is 12.7. The molecule has 1 amide bonds. The van der Waals surface area contributed by atoms with Crippen LogP contribution in [0.3, 0.4) is 0 Å². The van der Waals surface area contributed by atoms with Crippen molar-refractivity contribution in [3.8, 4) is 0 Å². The van der Waals surface area contributed by atoms with E-state index in [1.165, 1.54) is 25.0 Å². The lowest BCUT2D eigenvalue weighted by molar-refractivity contribution is -0.132. The second kappa shape index (κ2) is 10.3. The first-order valence-electron chi connectivity index (χ1n) is 11.6. The maximum Gasteiger partial charge on any atom is 0.222 e. The molecule has 2 aliphatic heterocycles. The molecule has 0 aliphatic carbocycles. The molecule has 0 radical (unpaired) electrons. The molecule has 2 aromatic heterocycles. The van der Waals surface area contributed by atoms with Crippen molar-refractivity contribution in [2.75, 3.05) is 18.8 Å². The number of imidazole rings is 1. The Bertz CT molecular complexity index is 1040. The van der Waals surface area contributed by atoms with Gasteiger partial charge in [0.1, 0.15) is 18.0 Å². The summed E-state index contributed by atoms with van der Waals surface area (Å²) >= 11 is 0. The number of likely N-dealkylation sites (tertiary alicyclic amines) is 1. The Morgan fingerprint density at radius 2 is 2.00 bits per heavy atom. The van der Waals surface area contributed by atoms with Gasteiger partial charge in [-0.3, -0.25) is 4.79 Å². The van der Waals surface area contributed by atoms with Gasteiger partial charge in [-0.1, -0.05) is 45.4 Å². The quantitative estimate of drug-likeness (QED) is 0.355. The Morgan fingerprint density at radius 3 is 2.84 bits per heavy atom. The summed E-state index contributed by atoms with van der Waals surface area (Å²) < 4.78 is 4.09. The first-order valence-corrected chi connectivity index (χ1v) is 14.0. The number of unbranched alkanes of at least 4 members (excludes halogenated alkanes) is 1. The van der Waals surface area contributed by atoms with E-state index in [1.807, 2.05) is 62.9 Å². The maximum atomic E-state index is 12.7. The Hall–Kier alpha value is -2.00. The van der Waals surface area contributed by atoms with Crippen molar-refractivity contribution in [1.82, 2.24) is 29.4 Å². The van der Waals surface area contributed by atoms with Crippen molar-refractivity contribution in [2.45, 2.75) is 62.8 Å². The van der Waals surface area contributed by atoms with E-state index in [1.54, 1.807) is 0 Å². The lowest BCUT2D eigenvalue weighted by atomic mass is 9.95. The van der Waals surface area contributed by atoms with E-state index in [-0.39, 0.29) is 0 Å². The molecule has 1 atom stereocenters. The normalized spacial score (nSPS) is 19.8. The number of amides is 1. The summed E-state index contributed by atoms with van der Waals surface area (Å²) in [6, 6.07) is 8.01. The van der Waals surface area contributed by atoms with E-state index < -0.39 is 0 Å². The van der Waals surface area contributed by atoms with Gasteiger partial charge in [0.15, 0.2) is 0 Å². The van der Waals surface area contributed by atoms with E-state index in [0.717, 1.165) is 54.5 Å². The third-order valence-corrected chi connectivity index (χ3v) is 9.57. The van der Waals surface area contributed by atoms with Crippen LogP contribution in [-0.4, -0.2) is 59.4 Å². The molecule has 0 spiro atoms. The predicted molar refractivity (Wildman–Crippen MR) is 131 cm³/mol. The minimum atomic E-state index is 0.328. The van der Waals surface area contributed by atoms with Gasteiger partial charge in [0.25, 0.3) is 0 Å². The Kier molecular flexibility index (Phi) is 7.02. The molecule has 32 heavy (non-hydrogen) atoms. The number of carbonyl (C=O) groups excluding carboxylic acids is 1. The van der Waals surface area contributed by atoms with Gasteiger partial charge in [0, 0.05) is 48.8 Å². The number of hydrogen-bond donors (Lipinski definition) is 0. The number of nitrogens with zero attached hydrogens (tertiary/aromatic N) is 6. The van der Waals surface area contributed by atoms with Gasteiger partial charge in [-0.2, -0.15) is 0 Å². The second-order valence-corrected chi connectivity index (χ2v) is 11.5. The highest BCUT2D eigenvalue weighted by Crippen LogP contribution is 2.40. The summed E-state index contributed by atoms with van der Waals surface area (Å²) in [6.45, 7) is 2.27. The molecule has 9 heteroatoms. The van der Waals surface area contributed by atoms with Crippen LogP contribution in [0, 0.1) is 0 Å². The fourth-order valence-electron chi connectivity index (χ4n) is 4.72. The molecule has 2 aliphatic rings. The van der Waals surface area contributed by atoms with Crippen LogP contribution in [-0.2, 0) is 11.5 Å². The van der Waals surface area contributed by atoms with Crippen LogP contribution in [0.25, 0.3) is 11.0 Å². The summed E-state index contributed by atoms with van der Waals surface area (Å²) in [5.74, 6) is 3.08. The number of aromatic nitrogens is 5. The summed E-state index contributed by atoms with van der Waals surface area (Å²) in [6.07, 6.45) is 11.3. The van der Waals surface area contributed by atoms with E-state index in [4.69, 9.17) is 0 Å². The van der Waals surface area contributed by atoms with E-state index in [2.05, 4.69) is 24.8 Å². The number of para-hydroxylation sites is 1. The minimum absolute atomic E-state index is 0.328. The third-order valence-electron chi connectivity index (χ3n) is 6.56. The third kappa shape index (κ3) is 4.98. The van der Waals surface area contributed by atoms with Crippen molar-refractivity contribution in [2.24, 2.45) is 0 Å². The Labute approximate surface area is 196 Å². The topological polar surface area (TPSA) is 68.8 Å². The average Bonchev–Trinajstić information content (AvgIpc) is 3.59. The fourth-order valence-corrected chi connectivity index (χ4v) is 7.75. The Morgan fingerprint density at radius 1 is 1.12 bits per heavy atom. The molecule has 0 bridgehead atoms. The second-order valence-electron chi connectivity index (χ2n) is 8.70. The largest absolute Gasteiger partial charge is 0.343 e. The summed E-state index contributed by atoms with van der Waals surface area (Å²) in [5, 5.41) is 9.38. The molecule has 0 N–H and O–H groups in total. The lowest BCUT2D eigenvalue weighted by Gasteiger charge is -2.32. The van der Waals surface area contributed by atoms with E-state index in [0.29, 0.717) is 24.9 Å². The SMILES string of the molecule is O=C(CCCCC1CCSS1)N1CCC(c2nccn2Cn2nnc3ccccc32)CC1. The van der Waals surface area contributed by atoms with Gasteiger partial charge in [0.2, 0.25) is 5.91 Å². The summed E-state index contributed by atoms with van der Waals surface area (Å²) in [4.78, 5) is 19.4. The van der Waals surface area contributed by atoms with E-state index in [9.17, 15) is 4.79 Å².